The quantitative estimate of drug-likeness (QED) is 0.512. The fraction of sp³-hybridized carbons (Fsp3) is 0.125. The lowest BCUT2D eigenvalue weighted by Crippen LogP contribution is -2.23. The molecule has 0 atom stereocenters. The van der Waals surface area contributed by atoms with E-state index in [1.54, 1.807) is 0 Å². The predicted octanol–water partition coefficient (Wildman–Crippen LogP) is 1.32. The summed E-state index contributed by atoms with van der Waals surface area (Å²) in [5, 5.41) is 2.31. The van der Waals surface area contributed by atoms with Crippen LogP contribution in [0.4, 0.5) is 14.5 Å². The first-order chi connectivity index (χ1) is 6.15. The Labute approximate surface area is 74.3 Å². The topological polar surface area (TPSA) is 50.4 Å². The lowest BCUT2D eigenvalue weighted by atomic mass is 10.3. The van der Waals surface area contributed by atoms with Gasteiger partial charge >= 0.3 is 0 Å². The molecule has 0 spiro atoms. The van der Waals surface area contributed by atoms with Crippen LogP contribution in [0.3, 0.4) is 0 Å². The molecule has 0 aliphatic carbocycles. The molecule has 0 bridgehead atoms. The van der Waals surface area contributed by atoms with Gasteiger partial charge in [0, 0.05) is 7.05 Å². The fourth-order valence-electron chi connectivity index (χ4n) is 0.801. The van der Waals surface area contributed by atoms with E-state index in [1.807, 2.05) is 0 Å². The molecule has 0 amide bonds. The van der Waals surface area contributed by atoms with E-state index in [4.69, 9.17) is 5.73 Å². The molecule has 1 aromatic rings. The fourth-order valence-corrected chi connectivity index (χ4v) is 0.801. The zero-order chi connectivity index (χ0) is 9.84. The Balaban J connectivity index is 3.00. The van der Waals surface area contributed by atoms with Gasteiger partial charge in [0.2, 0.25) is 0 Å². The van der Waals surface area contributed by atoms with Crippen LogP contribution in [0.2, 0.25) is 0 Å². The van der Waals surface area contributed by atoms with Crippen molar-refractivity contribution in [3.63, 3.8) is 0 Å². The standard InChI is InChI=1S/C8H9F2N3/c1-12-8(11)13-7-5(9)3-2-4-6(7)10/h2-4H,1H3,(H3,11,12,13). The van der Waals surface area contributed by atoms with Crippen molar-refractivity contribution < 1.29 is 8.78 Å². The highest BCUT2D eigenvalue weighted by Crippen LogP contribution is 2.17. The largest absolute Gasteiger partial charge is 0.370 e. The van der Waals surface area contributed by atoms with E-state index in [9.17, 15) is 8.78 Å². The molecule has 13 heavy (non-hydrogen) atoms. The van der Waals surface area contributed by atoms with E-state index in [0.29, 0.717) is 0 Å². The third-order valence-electron chi connectivity index (χ3n) is 1.46. The van der Waals surface area contributed by atoms with Gasteiger partial charge in [0.15, 0.2) is 5.96 Å². The van der Waals surface area contributed by atoms with Gasteiger partial charge in [0.05, 0.1) is 0 Å². The maximum Gasteiger partial charge on any atom is 0.192 e. The molecule has 1 aromatic carbocycles. The molecule has 0 heterocycles. The molecular formula is C8H9F2N3. The third kappa shape index (κ3) is 2.14. The lowest BCUT2D eigenvalue weighted by Gasteiger charge is -2.06. The van der Waals surface area contributed by atoms with Crippen LogP contribution < -0.4 is 11.1 Å². The van der Waals surface area contributed by atoms with Crippen LogP contribution >= 0.6 is 0 Å². The molecule has 1 rings (SSSR count). The first-order valence-corrected chi connectivity index (χ1v) is 3.58. The summed E-state index contributed by atoms with van der Waals surface area (Å²) in [5.74, 6) is -1.44. The highest BCUT2D eigenvalue weighted by atomic mass is 19.1. The van der Waals surface area contributed by atoms with Crippen molar-refractivity contribution in [1.82, 2.24) is 0 Å². The van der Waals surface area contributed by atoms with Crippen molar-refractivity contribution in [3.8, 4) is 0 Å². The molecule has 0 radical (unpaired) electrons. The molecule has 0 aromatic heterocycles. The smallest absolute Gasteiger partial charge is 0.192 e. The van der Waals surface area contributed by atoms with Crippen LogP contribution in [-0.4, -0.2) is 13.0 Å². The summed E-state index contributed by atoms with van der Waals surface area (Å²) < 4.78 is 25.9. The van der Waals surface area contributed by atoms with Gasteiger partial charge in [0.25, 0.3) is 0 Å². The maximum absolute atomic E-state index is 12.9. The van der Waals surface area contributed by atoms with Crippen molar-refractivity contribution >= 4 is 11.6 Å². The normalized spacial score (nSPS) is 11.5. The zero-order valence-corrected chi connectivity index (χ0v) is 7.01. The van der Waals surface area contributed by atoms with Crippen LogP contribution in [0.5, 0.6) is 0 Å². The van der Waals surface area contributed by atoms with Crippen LogP contribution in [-0.2, 0) is 0 Å². The summed E-state index contributed by atoms with van der Waals surface area (Å²) in [6, 6.07) is 3.54. The van der Waals surface area contributed by atoms with Gasteiger partial charge in [-0.15, -0.1) is 0 Å². The molecule has 0 aliphatic heterocycles. The minimum Gasteiger partial charge on any atom is -0.370 e. The summed E-state index contributed by atoms with van der Waals surface area (Å²) in [7, 11) is 1.42. The van der Waals surface area contributed by atoms with E-state index in [1.165, 1.54) is 13.1 Å². The number of nitrogens with zero attached hydrogens (tertiary/aromatic N) is 1. The molecule has 0 aliphatic rings. The second kappa shape index (κ2) is 3.84. The van der Waals surface area contributed by atoms with Crippen LogP contribution in [0.1, 0.15) is 0 Å². The summed E-state index contributed by atoms with van der Waals surface area (Å²) in [6.45, 7) is 0. The van der Waals surface area contributed by atoms with Gasteiger partial charge in [0.1, 0.15) is 17.3 Å². The van der Waals surface area contributed by atoms with E-state index in [-0.39, 0.29) is 11.6 Å². The molecule has 0 saturated carbocycles. The molecule has 5 heteroatoms. The SMILES string of the molecule is CN=C(N)Nc1c(F)cccc1F. The molecule has 3 N–H and O–H groups in total. The van der Waals surface area contributed by atoms with Crippen molar-refractivity contribution in [2.45, 2.75) is 0 Å². The number of nitrogens with two attached hydrogens (primary N) is 1. The van der Waals surface area contributed by atoms with Crippen molar-refractivity contribution in [2.75, 3.05) is 12.4 Å². The highest BCUT2D eigenvalue weighted by Gasteiger charge is 2.07. The molecule has 0 unspecified atom stereocenters. The second-order valence-electron chi connectivity index (χ2n) is 2.33. The van der Waals surface area contributed by atoms with Crippen molar-refractivity contribution in [2.24, 2.45) is 10.7 Å². The number of hydrogen-bond acceptors (Lipinski definition) is 1. The average molecular weight is 185 g/mol. The first kappa shape index (κ1) is 9.44. The lowest BCUT2D eigenvalue weighted by molar-refractivity contribution is 0.591. The van der Waals surface area contributed by atoms with Gasteiger partial charge in [-0.3, -0.25) is 4.99 Å². The van der Waals surface area contributed by atoms with Crippen LogP contribution in [0.25, 0.3) is 0 Å². The van der Waals surface area contributed by atoms with Crippen LogP contribution in [0, 0.1) is 11.6 Å². The number of halogens is 2. The summed E-state index contributed by atoms with van der Waals surface area (Å²) in [6.07, 6.45) is 0. The summed E-state index contributed by atoms with van der Waals surface area (Å²) in [5.41, 5.74) is 4.96. The number of rotatable bonds is 1. The molecule has 0 saturated heterocycles. The Bertz CT molecular complexity index is 316. The minimum absolute atomic E-state index is 0.0380. The number of para-hydroxylation sites is 1. The minimum atomic E-state index is -0.702. The van der Waals surface area contributed by atoms with Crippen molar-refractivity contribution in [1.29, 1.82) is 0 Å². The average Bonchev–Trinajstić information content (AvgIpc) is 2.11. The van der Waals surface area contributed by atoms with Gasteiger partial charge in [-0.25, -0.2) is 8.78 Å². The summed E-state index contributed by atoms with van der Waals surface area (Å²) in [4.78, 5) is 3.52. The number of guanidine groups is 1. The van der Waals surface area contributed by atoms with Crippen LogP contribution in [0.15, 0.2) is 23.2 Å². The van der Waals surface area contributed by atoms with Gasteiger partial charge < -0.3 is 11.1 Å². The van der Waals surface area contributed by atoms with E-state index >= 15 is 0 Å². The number of nitrogens with one attached hydrogen (secondary N) is 1. The monoisotopic (exact) mass is 185 g/mol. The maximum atomic E-state index is 12.9. The molecule has 0 fully saturated rings. The number of aliphatic imine (C=N–C) groups is 1. The van der Waals surface area contributed by atoms with Gasteiger partial charge in [-0.2, -0.15) is 0 Å². The Morgan fingerprint density at radius 2 is 1.92 bits per heavy atom. The zero-order valence-electron chi connectivity index (χ0n) is 7.01. The highest BCUT2D eigenvalue weighted by molar-refractivity contribution is 5.92. The van der Waals surface area contributed by atoms with Gasteiger partial charge in [-0.05, 0) is 12.1 Å². The number of anilines is 1. The Hall–Kier alpha value is -1.65. The number of benzene rings is 1. The first-order valence-electron chi connectivity index (χ1n) is 3.58. The predicted molar refractivity (Wildman–Crippen MR) is 47.5 cm³/mol. The second-order valence-corrected chi connectivity index (χ2v) is 2.33. The Morgan fingerprint density at radius 3 is 2.38 bits per heavy atom. The molecule has 3 nitrogen and oxygen atoms in total. The van der Waals surface area contributed by atoms with Gasteiger partial charge in [-0.1, -0.05) is 6.07 Å². The molecular weight excluding hydrogens is 176 g/mol. The Morgan fingerprint density at radius 1 is 1.38 bits per heavy atom. The van der Waals surface area contributed by atoms with E-state index in [2.05, 4.69) is 10.3 Å². The van der Waals surface area contributed by atoms with E-state index < -0.39 is 11.6 Å². The summed E-state index contributed by atoms with van der Waals surface area (Å²) >= 11 is 0. The third-order valence-corrected chi connectivity index (χ3v) is 1.46. The van der Waals surface area contributed by atoms with E-state index in [0.717, 1.165) is 12.1 Å². The molecule has 70 valence electrons. The number of hydrogen-bond donors (Lipinski definition) is 2. The Kier molecular flexibility index (Phi) is 2.79. The van der Waals surface area contributed by atoms with Crippen molar-refractivity contribution in [3.05, 3.63) is 29.8 Å².